The van der Waals surface area contributed by atoms with Crippen molar-refractivity contribution in [1.29, 1.82) is 0 Å². The van der Waals surface area contributed by atoms with Gasteiger partial charge in [-0.15, -0.1) is 0 Å². The van der Waals surface area contributed by atoms with E-state index in [0.717, 1.165) is 48.1 Å². The van der Waals surface area contributed by atoms with Gasteiger partial charge in [0.1, 0.15) is 12.4 Å². The molecule has 0 radical (unpaired) electrons. The first-order valence-electron chi connectivity index (χ1n) is 9.74. The first-order chi connectivity index (χ1) is 13.0. The van der Waals surface area contributed by atoms with Gasteiger partial charge in [-0.1, -0.05) is 58.3 Å². The molecule has 0 unspecified atom stereocenters. The number of rotatable bonds is 14. The molecule has 0 aliphatic carbocycles. The van der Waals surface area contributed by atoms with Crippen LogP contribution in [0.4, 0.5) is 17.6 Å². The first-order valence-corrected chi connectivity index (χ1v) is 11.2. The van der Waals surface area contributed by atoms with Crippen LogP contribution in [0.2, 0.25) is 0 Å². The predicted octanol–water partition coefficient (Wildman–Crippen LogP) is 4.81. The Morgan fingerprint density at radius 1 is 0.964 bits per heavy atom. The summed E-state index contributed by atoms with van der Waals surface area (Å²) in [4.78, 5) is 0. The Morgan fingerprint density at radius 3 is 1.89 bits per heavy atom. The van der Waals surface area contributed by atoms with Crippen molar-refractivity contribution in [2.75, 3.05) is 0 Å². The summed E-state index contributed by atoms with van der Waals surface area (Å²) in [5, 5.41) is -5.62. The fourth-order valence-electron chi connectivity index (χ4n) is 3.17. The van der Waals surface area contributed by atoms with Crippen molar-refractivity contribution >= 4 is 10.1 Å². The zero-order chi connectivity index (χ0) is 21.4. The summed E-state index contributed by atoms with van der Waals surface area (Å²) in [6, 6.07) is 0. The second kappa shape index (κ2) is 10.6. The lowest BCUT2D eigenvalue weighted by molar-refractivity contribution is -0.689. The molecular formula is C18H31F4N2O3S+. The number of unbranched alkanes of at least 4 members (excludes halogenated alkanes) is 9. The Kier molecular flexibility index (Phi) is 9.39. The van der Waals surface area contributed by atoms with Gasteiger partial charge >= 0.3 is 27.1 Å². The molecule has 0 aliphatic rings. The van der Waals surface area contributed by atoms with Crippen LogP contribution >= 0.6 is 0 Å². The molecule has 1 aromatic heterocycles. The summed E-state index contributed by atoms with van der Waals surface area (Å²) < 4.78 is 87.6. The minimum atomic E-state index is -6.27. The van der Waals surface area contributed by atoms with Crippen LogP contribution in [-0.2, 0) is 29.6 Å². The fraction of sp³-hybridized carbons (Fsp3) is 0.833. The highest BCUT2D eigenvalue weighted by molar-refractivity contribution is 7.86. The minimum Gasteiger partial charge on any atom is -0.281 e. The lowest BCUT2D eigenvalue weighted by atomic mass is 10.1. The smallest absolute Gasteiger partial charge is 0.281 e. The SMILES string of the molecule is CCCCCCCCCCCCn1cc[n+](C)c1C(F)(F)C(F)(F)S(=O)(=O)O. The molecule has 0 saturated heterocycles. The van der Waals surface area contributed by atoms with Crippen molar-refractivity contribution in [3.05, 3.63) is 18.2 Å². The van der Waals surface area contributed by atoms with E-state index in [2.05, 4.69) is 6.92 Å². The Hall–Kier alpha value is -1.16. The molecule has 0 saturated carbocycles. The Balaban J connectivity index is 2.58. The molecule has 0 aliphatic heterocycles. The topological polar surface area (TPSA) is 63.2 Å². The van der Waals surface area contributed by atoms with Crippen molar-refractivity contribution in [1.82, 2.24) is 4.57 Å². The second-order valence-electron chi connectivity index (χ2n) is 7.17. The molecule has 0 atom stereocenters. The third-order valence-electron chi connectivity index (χ3n) is 4.80. The third-order valence-corrected chi connectivity index (χ3v) is 5.70. The van der Waals surface area contributed by atoms with E-state index < -0.39 is 27.1 Å². The third kappa shape index (κ3) is 6.17. The van der Waals surface area contributed by atoms with E-state index in [-0.39, 0.29) is 6.54 Å². The molecule has 5 nitrogen and oxygen atoms in total. The quantitative estimate of drug-likeness (QED) is 0.199. The molecule has 0 bridgehead atoms. The van der Waals surface area contributed by atoms with E-state index in [9.17, 15) is 26.0 Å². The van der Waals surface area contributed by atoms with Gasteiger partial charge in [0.05, 0.1) is 13.6 Å². The maximum atomic E-state index is 14.3. The second-order valence-corrected chi connectivity index (χ2v) is 8.64. The maximum Gasteiger partial charge on any atom is 0.444 e. The van der Waals surface area contributed by atoms with E-state index in [4.69, 9.17) is 4.55 Å². The van der Waals surface area contributed by atoms with E-state index >= 15 is 0 Å². The lowest BCUT2D eigenvalue weighted by Crippen LogP contribution is -2.52. The van der Waals surface area contributed by atoms with E-state index in [0.29, 0.717) is 6.42 Å². The van der Waals surface area contributed by atoms with Gasteiger partial charge in [-0.25, -0.2) is 9.13 Å². The normalized spacial score (nSPS) is 13.2. The molecule has 0 fully saturated rings. The van der Waals surface area contributed by atoms with Crippen molar-refractivity contribution in [3.63, 3.8) is 0 Å². The average Bonchev–Trinajstić information content (AvgIpc) is 2.96. The molecule has 1 N–H and O–H groups in total. The molecule has 0 amide bonds. The predicted molar refractivity (Wildman–Crippen MR) is 97.8 cm³/mol. The molecular weight excluding hydrogens is 400 g/mol. The van der Waals surface area contributed by atoms with Gasteiger partial charge < -0.3 is 0 Å². The summed E-state index contributed by atoms with van der Waals surface area (Å²) in [6.07, 6.45) is 12.8. The van der Waals surface area contributed by atoms with Crippen LogP contribution < -0.4 is 4.57 Å². The standard InChI is InChI=1S/C18H30F4N2O3S/c1-3-4-5-6-7-8-9-10-11-12-13-24-15-14-23(2)16(24)17(19,20)18(21,22)28(25,26)27/h14-15H,3-13H2,1-2H3/p+1. The molecule has 1 heterocycles. The van der Waals surface area contributed by atoms with Crippen LogP contribution in [0.3, 0.4) is 0 Å². The monoisotopic (exact) mass is 431 g/mol. The van der Waals surface area contributed by atoms with E-state index in [1.165, 1.54) is 38.3 Å². The summed E-state index contributed by atoms with van der Waals surface area (Å²) in [6.45, 7) is 2.22. The van der Waals surface area contributed by atoms with Crippen LogP contribution in [0.25, 0.3) is 0 Å². The van der Waals surface area contributed by atoms with Gasteiger partial charge in [-0.2, -0.15) is 26.0 Å². The number of nitrogens with zero attached hydrogens (tertiary/aromatic N) is 2. The number of hydrogen-bond acceptors (Lipinski definition) is 2. The van der Waals surface area contributed by atoms with Gasteiger partial charge in [0, 0.05) is 0 Å². The van der Waals surface area contributed by atoms with E-state index in [1.807, 2.05) is 0 Å². The number of aryl methyl sites for hydroxylation is 2. The van der Waals surface area contributed by atoms with Crippen LogP contribution in [0.5, 0.6) is 0 Å². The van der Waals surface area contributed by atoms with Gasteiger partial charge in [-0.05, 0) is 12.8 Å². The number of alkyl halides is 4. The van der Waals surface area contributed by atoms with Crippen LogP contribution in [-0.4, -0.2) is 22.8 Å². The van der Waals surface area contributed by atoms with Crippen LogP contribution in [0.1, 0.15) is 77.0 Å². The molecule has 10 heteroatoms. The van der Waals surface area contributed by atoms with Crippen LogP contribution in [0.15, 0.2) is 12.4 Å². The largest absolute Gasteiger partial charge is 0.444 e. The van der Waals surface area contributed by atoms with Gasteiger partial charge in [0.2, 0.25) is 0 Å². The molecule has 1 aromatic rings. The molecule has 0 spiro atoms. The maximum absolute atomic E-state index is 14.3. The summed E-state index contributed by atoms with van der Waals surface area (Å²) in [7, 11) is -5.15. The van der Waals surface area contributed by atoms with E-state index in [1.54, 1.807) is 0 Å². The summed E-state index contributed by atoms with van der Waals surface area (Å²) >= 11 is 0. The molecule has 0 aromatic carbocycles. The average molecular weight is 432 g/mol. The highest BCUT2D eigenvalue weighted by atomic mass is 32.2. The van der Waals surface area contributed by atoms with Gasteiger partial charge in [-0.3, -0.25) is 4.55 Å². The lowest BCUT2D eigenvalue weighted by Gasteiger charge is -2.21. The van der Waals surface area contributed by atoms with Crippen molar-refractivity contribution in [3.8, 4) is 0 Å². The molecule has 1 rings (SSSR count). The van der Waals surface area contributed by atoms with Crippen molar-refractivity contribution in [2.24, 2.45) is 7.05 Å². The fourth-order valence-corrected chi connectivity index (χ4v) is 3.58. The van der Waals surface area contributed by atoms with Gasteiger partial charge in [0.15, 0.2) is 0 Å². The van der Waals surface area contributed by atoms with Crippen molar-refractivity contribution in [2.45, 2.75) is 88.9 Å². The Morgan fingerprint density at radius 2 is 1.43 bits per heavy atom. The number of halogens is 4. The van der Waals surface area contributed by atoms with Crippen molar-refractivity contribution < 1.29 is 35.1 Å². The van der Waals surface area contributed by atoms with Crippen LogP contribution in [0, 0.1) is 0 Å². The minimum absolute atomic E-state index is 0.0593. The molecule has 28 heavy (non-hydrogen) atoms. The highest BCUT2D eigenvalue weighted by Gasteiger charge is 2.72. The Bertz CT molecular complexity index is 706. The molecule has 164 valence electrons. The number of imidazole rings is 1. The number of hydrogen-bond donors (Lipinski definition) is 1. The zero-order valence-electron chi connectivity index (χ0n) is 16.5. The highest BCUT2D eigenvalue weighted by Crippen LogP contribution is 2.44. The summed E-state index contributed by atoms with van der Waals surface area (Å²) in [5.74, 6) is -6.23. The first kappa shape index (κ1) is 24.9. The summed E-state index contributed by atoms with van der Waals surface area (Å²) in [5.41, 5.74) is 0. The Labute approximate surface area is 164 Å². The number of aromatic nitrogens is 2. The van der Waals surface area contributed by atoms with Gasteiger partial charge in [0.25, 0.3) is 0 Å². The zero-order valence-corrected chi connectivity index (χ0v) is 17.3.